The van der Waals surface area contributed by atoms with Crippen LogP contribution in [0, 0.1) is 25.2 Å². The standard InChI is InChI=1S/C20H27N3O2/c1-15-19(16(2)23(21-15)18-6-4-3-5-7-18)11-22-10-17-12-25-9-8-20(17,13-22)14-24/h3-7,17,24H,8-14H2,1-2H3/t17-,20-/m1/s1. The number of hydrogen-bond donors (Lipinski definition) is 1. The van der Waals surface area contributed by atoms with E-state index in [1.54, 1.807) is 0 Å². The molecule has 3 heterocycles. The van der Waals surface area contributed by atoms with Gasteiger partial charge in [0.05, 0.1) is 24.6 Å². The number of aryl methyl sites for hydroxylation is 1. The minimum Gasteiger partial charge on any atom is -0.396 e. The number of para-hydroxylation sites is 1. The number of fused-ring (bicyclic) bond motifs is 1. The third-order valence-corrected chi connectivity index (χ3v) is 6.08. The summed E-state index contributed by atoms with van der Waals surface area (Å²) in [6.45, 7) is 8.89. The molecule has 0 amide bonds. The molecule has 134 valence electrons. The maximum atomic E-state index is 10.00. The van der Waals surface area contributed by atoms with Crippen molar-refractivity contribution in [1.29, 1.82) is 0 Å². The van der Waals surface area contributed by atoms with Crippen LogP contribution in [0.5, 0.6) is 0 Å². The van der Waals surface area contributed by atoms with E-state index in [1.165, 1.54) is 11.3 Å². The second kappa shape index (κ2) is 6.56. The summed E-state index contributed by atoms with van der Waals surface area (Å²) >= 11 is 0. The van der Waals surface area contributed by atoms with Gasteiger partial charge >= 0.3 is 0 Å². The highest BCUT2D eigenvalue weighted by atomic mass is 16.5. The van der Waals surface area contributed by atoms with Gasteiger partial charge in [0.25, 0.3) is 0 Å². The molecule has 0 bridgehead atoms. The van der Waals surface area contributed by atoms with Crippen molar-refractivity contribution in [3.63, 3.8) is 0 Å². The van der Waals surface area contributed by atoms with E-state index in [0.29, 0.717) is 5.92 Å². The minimum absolute atomic E-state index is 0.0233. The normalized spacial score (nSPS) is 26.8. The lowest BCUT2D eigenvalue weighted by atomic mass is 9.75. The molecule has 2 saturated heterocycles. The van der Waals surface area contributed by atoms with Crippen molar-refractivity contribution in [3.8, 4) is 5.69 Å². The summed E-state index contributed by atoms with van der Waals surface area (Å²) in [7, 11) is 0. The Hall–Kier alpha value is -1.69. The van der Waals surface area contributed by atoms with Gasteiger partial charge < -0.3 is 9.84 Å². The Morgan fingerprint density at radius 3 is 2.80 bits per heavy atom. The molecule has 4 rings (SSSR count). The molecule has 2 atom stereocenters. The van der Waals surface area contributed by atoms with Gasteiger partial charge in [0.1, 0.15) is 0 Å². The van der Waals surface area contributed by atoms with E-state index in [9.17, 15) is 5.11 Å². The van der Waals surface area contributed by atoms with Crippen LogP contribution in [0.15, 0.2) is 30.3 Å². The van der Waals surface area contributed by atoms with Crippen molar-refractivity contribution in [1.82, 2.24) is 14.7 Å². The van der Waals surface area contributed by atoms with Crippen LogP contribution < -0.4 is 0 Å². The monoisotopic (exact) mass is 341 g/mol. The van der Waals surface area contributed by atoms with Crippen molar-refractivity contribution < 1.29 is 9.84 Å². The van der Waals surface area contributed by atoms with E-state index in [0.717, 1.165) is 50.7 Å². The lowest BCUT2D eigenvalue weighted by molar-refractivity contribution is -0.0417. The van der Waals surface area contributed by atoms with Gasteiger partial charge in [0.2, 0.25) is 0 Å². The highest BCUT2D eigenvalue weighted by Gasteiger charge is 2.47. The topological polar surface area (TPSA) is 50.5 Å². The third-order valence-electron chi connectivity index (χ3n) is 6.08. The van der Waals surface area contributed by atoms with Gasteiger partial charge in [-0.05, 0) is 32.4 Å². The minimum atomic E-state index is 0.0233. The van der Waals surface area contributed by atoms with Gasteiger partial charge in [-0.1, -0.05) is 18.2 Å². The number of aliphatic hydroxyl groups excluding tert-OH is 1. The van der Waals surface area contributed by atoms with Gasteiger partial charge in [0.15, 0.2) is 0 Å². The van der Waals surface area contributed by atoms with Gasteiger partial charge in [-0.25, -0.2) is 4.68 Å². The molecule has 0 aliphatic carbocycles. The molecule has 0 saturated carbocycles. The Labute approximate surface area is 149 Å². The van der Waals surface area contributed by atoms with Crippen LogP contribution >= 0.6 is 0 Å². The Kier molecular flexibility index (Phi) is 4.40. The summed E-state index contributed by atoms with van der Waals surface area (Å²) in [5, 5.41) is 14.8. The summed E-state index contributed by atoms with van der Waals surface area (Å²) in [5.41, 5.74) is 4.72. The molecule has 1 aromatic heterocycles. The molecule has 0 spiro atoms. The molecule has 0 unspecified atom stereocenters. The molecular weight excluding hydrogens is 314 g/mol. The fourth-order valence-electron chi connectivity index (χ4n) is 4.48. The predicted octanol–water partition coefficient (Wildman–Crippen LogP) is 2.32. The van der Waals surface area contributed by atoms with Crippen molar-refractivity contribution in [3.05, 3.63) is 47.3 Å². The van der Waals surface area contributed by atoms with Gasteiger partial charge in [-0.3, -0.25) is 4.90 Å². The summed E-state index contributed by atoms with van der Waals surface area (Å²) in [4.78, 5) is 2.47. The number of aliphatic hydroxyl groups is 1. The molecule has 2 aliphatic heterocycles. The van der Waals surface area contributed by atoms with E-state index in [2.05, 4.69) is 30.9 Å². The Bertz CT molecular complexity index is 743. The van der Waals surface area contributed by atoms with Crippen molar-refractivity contribution in [2.75, 3.05) is 32.9 Å². The summed E-state index contributed by atoms with van der Waals surface area (Å²) in [6, 6.07) is 10.3. The first-order valence-corrected chi connectivity index (χ1v) is 9.14. The quantitative estimate of drug-likeness (QED) is 0.927. The SMILES string of the molecule is Cc1nn(-c2ccccc2)c(C)c1CN1C[C@@H]2COCC[C@]2(CO)C1. The number of aromatic nitrogens is 2. The van der Waals surface area contributed by atoms with E-state index >= 15 is 0 Å². The Balaban J connectivity index is 1.57. The zero-order valence-corrected chi connectivity index (χ0v) is 15.1. The Morgan fingerprint density at radius 2 is 2.08 bits per heavy atom. The molecule has 2 fully saturated rings. The fourth-order valence-corrected chi connectivity index (χ4v) is 4.48. The average molecular weight is 341 g/mol. The smallest absolute Gasteiger partial charge is 0.0648 e. The van der Waals surface area contributed by atoms with Gasteiger partial charge in [0, 0.05) is 48.8 Å². The zero-order valence-electron chi connectivity index (χ0n) is 15.1. The number of likely N-dealkylation sites (tertiary alicyclic amines) is 1. The van der Waals surface area contributed by atoms with Crippen LogP contribution in [0.3, 0.4) is 0 Å². The average Bonchev–Trinajstić information content (AvgIpc) is 3.15. The molecule has 1 aromatic carbocycles. The third kappa shape index (κ3) is 2.90. The molecule has 5 heteroatoms. The van der Waals surface area contributed by atoms with E-state index in [4.69, 9.17) is 9.84 Å². The van der Waals surface area contributed by atoms with Crippen molar-refractivity contribution in [2.45, 2.75) is 26.8 Å². The summed E-state index contributed by atoms with van der Waals surface area (Å²) in [6.07, 6.45) is 0.964. The van der Waals surface area contributed by atoms with Crippen LogP contribution in [-0.4, -0.2) is 52.7 Å². The largest absolute Gasteiger partial charge is 0.396 e. The molecule has 1 N–H and O–H groups in total. The fraction of sp³-hybridized carbons (Fsp3) is 0.550. The van der Waals surface area contributed by atoms with Gasteiger partial charge in [-0.15, -0.1) is 0 Å². The number of nitrogens with zero attached hydrogens (tertiary/aromatic N) is 3. The Morgan fingerprint density at radius 1 is 1.28 bits per heavy atom. The van der Waals surface area contributed by atoms with Crippen LogP contribution in [0.25, 0.3) is 5.69 Å². The summed E-state index contributed by atoms with van der Waals surface area (Å²) < 4.78 is 7.70. The predicted molar refractivity (Wildman–Crippen MR) is 96.8 cm³/mol. The molecule has 2 aromatic rings. The first-order chi connectivity index (χ1) is 12.1. The van der Waals surface area contributed by atoms with E-state index in [-0.39, 0.29) is 12.0 Å². The van der Waals surface area contributed by atoms with Crippen molar-refractivity contribution >= 4 is 0 Å². The second-order valence-corrected chi connectivity index (χ2v) is 7.61. The van der Waals surface area contributed by atoms with Crippen LogP contribution in [0.1, 0.15) is 23.4 Å². The lowest BCUT2D eigenvalue weighted by Crippen LogP contribution is -2.41. The van der Waals surface area contributed by atoms with Crippen LogP contribution in [0.4, 0.5) is 0 Å². The summed E-state index contributed by atoms with van der Waals surface area (Å²) in [5.74, 6) is 0.441. The highest BCUT2D eigenvalue weighted by molar-refractivity contribution is 5.37. The first kappa shape index (κ1) is 16.8. The molecular formula is C20H27N3O2. The first-order valence-electron chi connectivity index (χ1n) is 9.14. The van der Waals surface area contributed by atoms with Gasteiger partial charge in [-0.2, -0.15) is 5.10 Å². The molecule has 5 nitrogen and oxygen atoms in total. The van der Waals surface area contributed by atoms with E-state index in [1.807, 2.05) is 22.9 Å². The second-order valence-electron chi connectivity index (χ2n) is 7.61. The number of benzene rings is 1. The van der Waals surface area contributed by atoms with Crippen LogP contribution in [0.2, 0.25) is 0 Å². The number of hydrogen-bond acceptors (Lipinski definition) is 4. The molecule has 25 heavy (non-hydrogen) atoms. The maximum absolute atomic E-state index is 10.00. The number of rotatable bonds is 4. The van der Waals surface area contributed by atoms with Crippen molar-refractivity contribution in [2.24, 2.45) is 11.3 Å². The number of ether oxygens (including phenoxy) is 1. The zero-order chi connectivity index (χ0) is 17.4. The van der Waals surface area contributed by atoms with Crippen LogP contribution in [-0.2, 0) is 11.3 Å². The molecule has 0 radical (unpaired) electrons. The highest BCUT2D eigenvalue weighted by Crippen LogP contribution is 2.42. The lowest BCUT2D eigenvalue weighted by Gasteiger charge is -2.36. The molecule has 2 aliphatic rings. The maximum Gasteiger partial charge on any atom is 0.0648 e. The van der Waals surface area contributed by atoms with E-state index < -0.39 is 0 Å².